The second kappa shape index (κ2) is 9.07. The molecule has 1 aromatic carbocycles. The Balaban J connectivity index is 1.59. The Kier molecular flexibility index (Phi) is 6.24. The largest absolute Gasteiger partial charge is 0.508 e. The van der Waals surface area contributed by atoms with Gasteiger partial charge in [-0.05, 0) is 56.9 Å². The molecule has 31 heavy (non-hydrogen) atoms. The van der Waals surface area contributed by atoms with E-state index < -0.39 is 5.60 Å². The molecule has 2 heterocycles. The van der Waals surface area contributed by atoms with Crippen LogP contribution in [-0.2, 0) is 11.2 Å². The maximum Gasteiger partial charge on any atom is 0.320 e. The third-order valence-electron chi connectivity index (χ3n) is 5.15. The van der Waals surface area contributed by atoms with Gasteiger partial charge in [-0.2, -0.15) is 15.1 Å². The highest BCUT2D eigenvalue weighted by molar-refractivity contribution is 6.03. The van der Waals surface area contributed by atoms with Gasteiger partial charge in [-0.1, -0.05) is 0 Å². The average molecular weight is 428 g/mol. The summed E-state index contributed by atoms with van der Waals surface area (Å²) in [6, 6.07) is 7.41. The predicted molar refractivity (Wildman–Crippen MR) is 118 cm³/mol. The van der Waals surface area contributed by atoms with E-state index in [2.05, 4.69) is 25.4 Å². The standard InChI is InChI=1S/C22H29N5O4/c1-22(2,29)14-31-21-23-19(13-20(24-21)27-8-10-30-11-9-27)26-25-18-5-3-4-15-12-16(28)6-7-17(15)18/h6-7,12-13,28-29H,3-5,8-11,14H2,1-2H3,(H,23,24,26)/b25-18+. The highest BCUT2D eigenvalue weighted by Gasteiger charge is 2.19. The number of morpholine rings is 1. The van der Waals surface area contributed by atoms with Crippen molar-refractivity contribution in [2.75, 3.05) is 43.2 Å². The Morgan fingerprint density at radius 3 is 2.77 bits per heavy atom. The zero-order chi connectivity index (χ0) is 21.8. The van der Waals surface area contributed by atoms with Crippen molar-refractivity contribution in [2.45, 2.75) is 38.7 Å². The van der Waals surface area contributed by atoms with Crippen LogP contribution < -0.4 is 15.1 Å². The van der Waals surface area contributed by atoms with Crippen LogP contribution >= 0.6 is 0 Å². The Morgan fingerprint density at radius 2 is 2.00 bits per heavy atom. The predicted octanol–water partition coefficient (Wildman–Crippen LogP) is 2.32. The summed E-state index contributed by atoms with van der Waals surface area (Å²) < 4.78 is 11.1. The minimum absolute atomic E-state index is 0.0738. The quantitative estimate of drug-likeness (QED) is 0.602. The van der Waals surface area contributed by atoms with Gasteiger partial charge in [0.05, 0.1) is 24.5 Å². The number of hydrazone groups is 1. The van der Waals surface area contributed by atoms with E-state index in [4.69, 9.17) is 9.47 Å². The monoisotopic (exact) mass is 427 g/mol. The minimum Gasteiger partial charge on any atom is -0.508 e. The van der Waals surface area contributed by atoms with Crippen molar-refractivity contribution in [3.63, 3.8) is 0 Å². The molecule has 1 saturated heterocycles. The molecular formula is C22H29N5O4. The molecule has 0 atom stereocenters. The van der Waals surface area contributed by atoms with Gasteiger partial charge in [0, 0.05) is 24.7 Å². The molecule has 9 heteroatoms. The lowest BCUT2D eigenvalue weighted by Crippen LogP contribution is -2.37. The maximum absolute atomic E-state index is 9.99. The summed E-state index contributed by atoms with van der Waals surface area (Å²) in [6.07, 6.45) is 2.74. The van der Waals surface area contributed by atoms with Gasteiger partial charge in [-0.3, -0.25) is 5.43 Å². The first-order chi connectivity index (χ1) is 14.9. The highest BCUT2D eigenvalue weighted by atomic mass is 16.5. The van der Waals surface area contributed by atoms with Crippen LogP contribution in [0.5, 0.6) is 11.8 Å². The molecule has 166 valence electrons. The normalized spacial score (nSPS) is 18.0. The van der Waals surface area contributed by atoms with Crippen LogP contribution in [0.3, 0.4) is 0 Å². The summed E-state index contributed by atoms with van der Waals surface area (Å²) in [5.74, 6) is 1.51. The van der Waals surface area contributed by atoms with Gasteiger partial charge in [-0.25, -0.2) is 0 Å². The summed E-state index contributed by atoms with van der Waals surface area (Å²) in [5.41, 5.74) is 5.12. The number of anilines is 2. The number of benzene rings is 1. The number of ether oxygens (including phenoxy) is 2. The Morgan fingerprint density at radius 1 is 1.19 bits per heavy atom. The second-order valence-electron chi connectivity index (χ2n) is 8.46. The van der Waals surface area contributed by atoms with E-state index in [1.807, 2.05) is 12.1 Å². The van der Waals surface area contributed by atoms with Crippen LogP contribution in [0.4, 0.5) is 11.6 Å². The molecule has 4 rings (SSSR count). The molecule has 1 aliphatic heterocycles. The molecule has 0 saturated carbocycles. The topological polar surface area (TPSA) is 112 Å². The van der Waals surface area contributed by atoms with Crippen LogP contribution in [0.2, 0.25) is 0 Å². The van der Waals surface area contributed by atoms with Crippen molar-refractivity contribution in [1.29, 1.82) is 0 Å². The number of aromatic nitrogens is 2. The first-order valence-corrected chi connectivity index (χ1v) is 10.6. The molecule has 0 unspecified atom stereocenters. The lowest BCUT2D eigenvalue weighted by atomic mass is 9.90. The lowest BCUT2D eigenvalue weighted by Gasteiger charge is -2.28. The van der Waals surface area contributed by atoms with E-state index in [1.54, 1.807) is 26.0 Å². The number of hydrogen-bond donors (Lipinski definition) is 3. The van der Waals surface area contributed by atoms with Crippen molar-refractivity contribution in [3.8, 4) is 11.8 Å². The van der Waals surface area contributed by atoms with Crippen molar-refractivity contribution in [2.24, 2.45) is 5.10 Å². The molecule has 0 bridgehead atoms. The molecule has 0 amide bonds. The number of hydrogen-bond acceptors (Lipinski definition) is 9. The van der Waals surface area contributed by atoms with Gasteiger partial charge in [0.2, 0.25) is 0 Å². The lowest BCUT2D eigenvalue weighted by molar-refractivity contribution is 0.0250. The third kappa shape index (κ3) is 5.62. The van der Waals surface area contributed by atoms with Crippen LogP contribution in [0.15, 0.2) is 29.4 Å². The van der Waals surface area contributed by atoms with Crippen LogP contribution in [-0.4, -0.2) is 64.4 Å². The third-order valence-corrected chi connectivity index (χ3v) is 5.15. The Bertz CT molecular complexity index is 951. The molecule has 2 aliphatic rings. The maximum atomic E-state index is 9.99. The van der Waals surface area contributed by atoms with Gasteiger partial charge >= 0.3 is 6.01 Å². The van der Waals surface area contributed by atoms with Crippen molar-refractivity contribution < 1.29 is 19.7 Å². The fourth-order valence-electron chi connectivity index (χ4n) is 3.62. The number of nitrogens with zero attached hydrogens (tertiary/aromatic N) is 4. The van der Waals surface area contributed by atoms with E-state index in [1.165, 1.54) is 0 Å². The molecule has 2 aromatic rings. The average Bonchev–Trinajstić information content (AvgIpc) is 2.76. The molecule has 9 nitrogen and oxygen atoms in total. The number of nitrogens with one attached hydrogen (secondary N) is 1. The number of aryl methyl sites for hydroxylation is 1. The van der Waals surface area contributed by atoms with E-state index in [0.29, 0.717) is 19.0 Å². The Labute approximate surface area is 181 Å². The number of fused-ring (bicyclic) bond motifs is 1. The van der Waals surface area contributed by atoms with Gasteiger partial charge < -0.3 is 24.6 Å². The van der Waals surface area contributed by atoms with Gasteiger partial charge in [-0.15, -0.1) is 0 Å². The molecule has 1 aliphatic carbocycles. The first-order valence-electron chi connectivity index (χ1n) is 10.6. The molecule has 0 radical (unpaired) electrons. The zero-order valence-corrected chi connectivity index (χ0v) is 18.0. The summed E-state index contributed by atoms with van der Waals surface area (Å²) in [4.78, 5) is 11.0. The molecule has 0 spiro atoms. The summed E-state index contributed by atoms with van der Waals surface area (Å²) in [5, 5.41) is 24.4. The summed E-state index contributed by atoms with van der Waals surface area (Å²) in [6.45, 7) is 6.14. The zero-order valence-electron chi connectivity index (χ0n) is 18.0. The van der Waals surface area contributed by atoms with Crippen LogP contribution in [0.1, 0.15) is 37.8 Å². The van der Waals surface area contributed by atoms with Crippen LogP contribution in [0.25, 0.3) is 0 Å². The van der Waals surface area contributed by atoms with Gasteiger partial charge in [0.1, 0.15) is 18.2 Å². The fraction of sp³-hybridized carbons (Fsp3) is 0.500. The number of aromatic hydroxyl groups is 1. The van der Waals surface area contributed by atoms with Crippen molar-refractivity contribution in [3.05, 3.63) is 35.4 Å². The SMILES string of the molecule is CC(C)(O)COc1nc(N/N=C2\CCCc3cc(O)ccc32)cc(N2CCOCC2)n1. The van der Waals surface area contributed by atoms with E-state index in [0.717, 1.165) is 55.0 Å². The molecule has 3 N–H and O–H groups in total. The second-order valence-corrected chi connectivity index (χ2v) is 8.46. The van der Waals surface area contributed by atoms with Crippen molar-refractivity contribution >= 4 is 17.3 Å². The fourth-order valence-corrected chi connectivity index (χ4v) is 3.62. The van der Waals surface area contributed by atoms with Crippen LogP contribution in [0, 0.1) is 0 Å². The number of phenolic OH excluding ortho intramolecular Hbond substituents is 1. The molecular weight excluding hydrogens is 398 g/mol. The van der Waals surface area contributed by atoms with E-state index in [9.17, 15) is 10.2 Å². The van der Waals surface area contributed by atoms with Gasteiger partial charge in [0.25, 0.3) is 0 Å². The first kappa shape index (κ1) is 21.3. The number of rotatable bonds is 6. The number of aliphatic hydroxyl groups is 1. The number of phenols is 1. The highest BCUT2D eigenvalue weighted by Crippen LogP contribution is 2.26. The Hall–Kier alpha value is -2.91. The summed E-state index contributed by atoms with van der Waals surface area (Å²) in [7, 11) is 0. The van der Waals surface area contributed by atoms with E-state index in [-0.39, 0.29) is 18.4 Å². The minimum atomic E-state index is -0.997. The summed E-state index contributed by atoms with van der Waals surface area (Å²) >= 11 is 0. The molecule has 1 aromatic heterocycles. The van der Waals surface area contributed by atoms with Crippen molar-refractivity contribution in [1.82, 2.24) is 9.97 Å². The van der Waals surface area contributed by atoms with Gasteiger partial charge in [0.15, 0.2) is 5.82 Å². The molecule has 1 fully saturated rings. The smallest absolute Gasteiger partial charge is 0.320 e. The van der Waals surface area contributed by atoms with E-state index >= 15 is 0 Å².